The van der Waals surface area contributed by atoms with E-state index in [9.17, 15) is 0 Å². The molecule has 3 rings (SSSR count). The molecular weight excluding hydrogens is 272 g/mol. The molecule has 0 bridgehead atoms. The molecular formula is C16H19Br. The number of rotatable bonds is 4. The summed E-state index contributed by atoms with van der Waals surface area (Å²) in [6, 6.07) is 8.74. The van der Waals surface area contributed by atoms with E-state index in [-0.39, 0.29) is 0 Å². The van der Waals surface area contributed by atoms with Crippen LogP contribution in [0.15, 0.2) is 34.8 Å². The van der Waals surface area contributed by atoms with Crippen molar-refractivity contribution in [3.63, 3.8) is 0 Å². The fraction of sp³-hybridized carbons (Fsp3) is 0.500. The first-order valence-corrected chi connectivity index (χ1v) is 7.50. The highest BCUT2D eigenvalue weighted by Crippen LogP contribution is 2.65. The van der Waals surface area contributed by atoms with Gasteiger partial charge in [0.05, 0.1) is 0 Å². The van der Waals surface area contributed by atoms with Crippen molar-refractivity contribution in [1.82, 2.24) is 0 Å². The molecule has 0 aromatic heterocycles. The Kier molecular flexibility index (Phi) is 2.90. The van der Waals surface area contributed by atoms with E-state index in [1.165, 1.54) is 42.1 Å². The van der Waals surface area contributed by atoms with Gasteiger partial charge in [-0.1, -0.05) is 53.9 Å². The fourth-order valence-electron chi connectivity index (χ4n) is 3.30. The Balaban J connectivity index is 1.80. The smallest absolute Gasteiger partial charge is 0.0181 e. The standard InChI is InChI=1S/C16H19Br/c1-2-3-7-16-10-13(8-14(16)11-16)12-5-4-6-15(17)9-12/h4-6,9-10,14H,2-3,7-8,11H2,1H3/t14-,16+/m1/s1. The molecule has 17 heavy (non-hydrogen) atoms. The molecule has 0 aliphatic heterocycles. The Labute approximate surface area is 112 Å². The zero-order chi connectivity index (χ0) is 11.9. The third-order valence-electron chi connectivity index (χ3n) is 4.40. The average molecular weight is 291 g/mol. The van der Waals surface area contributed by atoms with Crippen molar-refractivity contribution in [2.45, 2.75) is 39.0 Å². The quantitative estimate of drug-likeness (QED) is 0.693. The molecule has 0 amide bonds. The normalized spacial score (nSPS) is 30.0. The third-order valence-corrected chi connectivity index (χ3v) is 4.89. The van der Waals surface area contributed by atoms with Crippen LogP contribution in [0.5, 0.6) is 0 Å². The predicted octanol–water partition coefficient (Wildman–Crippen LogP) is 5.43. The van der Waals surface area contributed by atoms with E-state index in [4.69, 9.17) is 0 Å². The van der Waals surface area contributed by atoms with Crippen LogP contribution in [0.4, 0.5) is 0 Å². The van der Waals surface area contributed by atoms with E-state index >= 15 is 0 Å². The third kappa shape index (κ3) is 2.10. The van der Waals surface area contributed by atoms with Gasteiger partial charge in [-0.15, -0.1) is 0 Å². The summed E-state index contributed by atoms with van der Waals surface area (Å²) in [4.78, 5) is 0. The van der Waals surface area contributed by atoms with Crippen molar-refractivity contribution in [1.29, 1.82) is 0 Å². The Morgan fingerprint density at radius 3 is 3.06 bits per heavy atom. The van der Waals surface area contributed by atoms with E-state index < -0.39 is 0 Å². The summed E-state index contributed by atoms with van der Waals surface area (Å²) in [6.07, 6.45) is 9.47. The van der Waals surface area contributed by atoms with Crippen molar-refractivity contribution < 1.29 is 0 Å². The number of allylic oxidation sites excluding steroid dienone is 2. The largest absolute Gasteiger partial charge is 0.0742 e. The second-order valence-corrected chi connectivity index (χ2v) is 6.54. The Hall–Kier alpha value is -0.560. The molecule has 1 aromatic carbocycles. The van der Waals surface area contributed by atoms with Crippen LogP contribution >= 0.6 is 15.9 Å². The summed E-state index contributed by atoms with van der Waals surface area (Å²) in [5.41, 5.74) is 3.61. The molecule has 1 fully saturated rings. The molecule has 1 heteroatoms. The van der Waals surface area contributed by atoms with Crippen LogP contribution in [0.2, 0.25) is 0 Å². The Morgan fingerprint density at radius 1 is 1.41 bits per heavy atom. The summed E-state index contributed by atoms with van der Waals surface area (Å²) in [5.74, 6) is 0.961. The predicted molar refractivity (Wildman–Crippen MR) is 76.8 cm³/mol. The van der Waals surface area contributed by atoms with Crippen LogP contribution in [-0.4, -0.2) is 0 Å². The molecule has 2 aliphatic rings. The van der Waals surface area contributed by atoms with Crippen LogP contribution in [0.25, 0.3) is 5.57 Å². The first kappa shape index (κ1) is 11.5. The van der Waals surface area contributed by atoms with Gasteiger partial charge < -0.3 is 0 Å². The molecule has 2 aliphatic carbocycles. The minimum atomic E-state index is 0.605. The Bertz CT molecular complexity index is 460. The van der Waals surface area contributed by atoms with Gasteiger partial charge in [0.1, 0.15) is 0 Å². The van der Waals surface area contributed by atoms with Crippen molar-refractivity contribution in [2.24, 2.45) is 11.3 Å². The molecule has 0 radical (unpaired) electrons. The maximum atomic E-state index is 3.56. The van der Waals surface area contributed by atoms with Gasteiger partial charge in [0.15, 0.2) is 0 Å². The number of halogens is 1. The van der Waals surface area contributed by atoms with E-state index in [0.717, 1.165) is 5.92 Å². The first-order chi connectivity index (χ1) is 8.23. The highest BCUT2D eigenvalue weighted by molar-refractivity contribution is 9.10. The van der Waals surface area contributed by atoms with Gasteiger partial charge in [0.25, 0.3) is 0 Å². The second kappa shape index (κ2) is 4.28. The molecule has 2 atom stereocenters. The lowest BCUT2D eigenvalue weighted by Gasteiger charge is -2.08. The van der Waals surface area contributed by atoms with Crippen LogP contribution in [-0.2, 0) is 0 Å². The highest BCUT2D eigenvalue weighted by atomic mass is 79.9. The zero-order valence-electron chi connectivity index (χ0n) is 10.4. The molecule has 0 heterocycles. The van der Waals surface area contributed by atoms with Crippen LogP contribution in [0.3, 0.4) is 0 Å². The molecule has 1 saturated carbocycles. The van der Waals surface area contributed by atoms with Gasteiger partial charge in [-0.25, -0.2) is 0 Å². The zero-order valence-corrected chi connectivity index (χ0v) is 12.0. The molecule has 0 N–H and O–H groups in total. The molecule has 0 spiro atoms. The highest BCUT2D eigenvalue weighted by Gasteiger charge is 2.55. The van der Waals surface area contributed by atoms with Gasteiger partial charge >= 0.3 is 0 Å². The van der Waals surface area contributed by atoms with Crippen molar-refractivity contribution in [3.05, 3.63) is 40.4 Å². The SMILES string of the molecule is CCCC[C@@]12C=C(c3cccc(Br)c3)C[C@@H]1C2. The van der Waals surface area contributed by atoms with E-state index in [1.54, 1.807) is 5.57 Å². The molecule has 1 aromatic rings. The Morgan fingerprint density at radius 2 is 2.29 bits per heavy atom. The van der Waals surface area contributed by atoms with Gasteiger partial charge in [0.2, 0.25) is 0 Å². The fourth-order valence-corrected chi connectivity index (χ4v) is 3.70. The van der Waals surface area contributed by atoms with E-state index in [1.807, 2.05) is 0 Å². The summed E-state index contributed by atoms with van der Waals surface area (Å²) in [7, 11) is 0. The lowest BCUT2D eigenvalue weighted by atomic mass is 9.97. The monoisotopic (exact) mass is 290 g/mol. The number of benzene rings is 1. The minimum absolute atomic E-state index is 0.605. The summed E-state index contributed by atoms with van der Waals surface area (Å²) < 4.78 is 1.19. The summed E-state index contributed by atoms with van der Waals surface area (Å²) in [6.45, 7) is 2.29. The summed E-state index contributed by atoms with van der Waals surface area (Å²) in [5, 5.41) is 0. The van der Waals surface area contributed by atoms with Gasteiger partial charge in [-0.3, -0.25) is 0 Å². The van der Waals surface area contributed by atoms with Gasteiger partial charge in [-0.2, -0.15) is 0 Å². The lowest BCUT2D eigenvalue weighted by Crippen LogP contribution is -1.95. The molecule has 0 nitrogen and oxygen atoms in total. The lowest BCUT2D eigenvalue weighted by molar-refractivity contribution is 0.514. The van der Waals surface area contributed by atoms with Gasteiger partial charge in [-0.05, 0) is 53.9 Å². The van der Waals surface area contributed by atoms with E-state index in [2.05, 4.69) is 53.2 Å². The van der Waals surface area contributed by atoms with Crippen molar-refractivity contribution in [3.8, 4) is 0 Å². The number of unbranched alkanes of at least 4 members (excludes halogenated alkanes) is 1. The number of hydrogen-bond donors (Lipinski definition) is 0. The maximum absolute atomic E-state index is 3.56. The summed E-state index contributed by atoms with van der Waals surface area (Å²) >= 11 is 3.56. The number of hydrogen-bond acceptors (Lipinski definition) is 0. The topological polar surface area (TPSA) is 0 Å². The van der Waals surface area contributed by atoms with E-state index in [0.29, 0.717) is 5.41 Å². The average Bonchev–Trinajstić information content (AvgIpc) is 2.89. The second-order valence-electron chi connectivity index (χ2n) is 5.62. The van der Waals surface area contributed by atoms with Crippen LogP contribution < -0.4 is 0 Å². The maximum Gasteiger partial charge on any atom is 0.0181 e. The molecule has 90 valence electrons. The molecule has 0 unspecified atom stereocenters. The molecule has 0 saturated heterocycles. The first-order valence-electron chi connectivity index (χ1n) is 6.71. The van der Waals surface area contributed by atoms with Crippen molar-refractivity contribution in [2.75, 3.05) is 0 Å². The van der Waals surface area contributed by atoms with Crippen LogP contribution in [0, 0.1) is 11.3 Å². The van der Waals surface area contributed by atoms with Crippen molar-refractivity contribution >= 4 is 21.5 Å². The van der Waals surface area contributed by atoms with Crippen LogP contribution in [0.1, 0.15) is 44.6 Å². The number of fused-ring (bicyclic) bond motifs is 1. The minimum Gasteiger partial charge on any atom is -0.0742 e. The van der Waals surface area contributed by atoms with Gasteiger partial charge in [0, 0.05) is 4.47 Å².